The summed E-state index contributed by atoms with van der Waals surface area (Å²) in [6, 6.07) is 0. The number of sulfonamides is 1. The number of hydrogen-bond donors (Lipinski definition) is 1. The Morgan fingerprint density at radius 3 is 2.40 bits per heavy atom. The largest absolute Gasteiger partial charge is 0.452 e. The van der Waals surface area contributed by atoms with E-state index < -0.39 is 22.0 Å². The van der Waals surface area contributed by atoms with E-state index >= 15 is 0 Å². The van der Waals surface area contributed by atoms with Crippen LogP contribution in [0.1, 0.15) is 18.7 Å². The first-order valence-electron chi connectivity index (χ1n) is 5.81. The predicted octanol–water partition coefficient (Wildman–Crippen LogP) is 1.06. The van der Waals surface area contributed by atoms with Crippen LogP contribution in [0, 0.1) is 5.92 Å². The molecular formula is C9H13F3N4O2S2. The van der Waals surface area contributed by atoms with Gasteiger partial charge in [-0.1, -0.05) is 0 Å². The summed E-state index contributed by atoms with van der Waals surface area (Å²) in [6.45, 7) is 0.902. The topological polar surface area (TPSA) is 89.2 Å². The molecule has 1 aromatic rings. The van der Waals surface area contributed by atoms with Gasteiger partial charge >= 0.3 is 6.18 Å². The van der Waals surface area contributed by atoms with Crippen molar-refractivity contribution in [2.45, 2.75) is 19.0 Å². The molecule has 0 bridgehead atoms. The van der Waals surface area contributed by atoms with Crippen molar-refractivity contribution < 1.29 is 21.6 Å². The van der Waals surface area contributed by atoms with Gasteiger partial charge in [0.15, 0.2) is 0 Å². The maximum Gasteiger partial charge on any atom is 0.452 e. The fourth-order valence-corrected chi connectivity index (χ4v) is 3.81. The van der Waals surface area contributed by atoms with Crippen LogP contribution < -0.4 is 10.0 Å². The molecule has 114 valence electrons. The third-order valence-electron chi connectivity index (χ3n) is 3.02. The van der Waals surface area contributed by atoms with Gasteiger partial charge in [-0.05, 0) is 18.8 Å². The zero-order valence-electron chi connectivity index (χ0n) is 10.3. The van der Waals surface area contributed by atoms with E-state index in [9.17, 15) is 21.6 Å². The lowest BCUT2D eigenvalue weighted by atomic mass is 9.99. The lowest BCUT2D eigenvalue weighted by Gasteiger charge is -2.30. The van der Waals surface area contributed by atoms with Gasteiger partial charge in [-0.25, -0.2) is 13.6 Å². The molecule has 1 fully saturated rings. The van der Waals surface area contributed by atoms with E-state index in [2.05, 4.69) is 9.36 Å². The van der Waals surface area contributed by atoms with E-state index in [4.69, 9.17) is 5.14 Å². The van der Waals surface area contributed by atoms with Gasteiger partial charge in [0.1, 0.15) is 0 Å². The number of hydrogen-bond acceptors (Lipinski definition) is 6. The molecule has 0 saturated carbocycles. The summed E-state index contributed by atoms with van der Waals surface area (Å²) in [4.78, 5) is 5.16. The minimum Gasteiger partial charge on any atom is -0.347 e. The quantitative estimate of drug-likeness (QED) is 0.895. The summed E-state index contributed by atoms with van der Waals surface area (Å²) >= 11 is 0.699. The van der Waals surface area contributed by atoms with Gasteiger partial charge in [0.2, 0.25) is 21.0 Å². The smallest absolute Gasteiger partial charge is 0.347 e. The highest BCUT2D eigenvalue weighted by Crippen LogP contribution is 2.31. The van der Waals surface area contributed by atoms with Crippen LogP contribution in [0.4, 0.5) is 18.3 Å². The van der Waals surface area contributed by atoms with Crippen molar-refractivity contribution in [1.82, 2.24) is 9.36 Å². The zero-order chi connectivity index (χ0) is 15.0. The van der Waals surface area contributed by atoms with Crippen molar-refractivity contribution >= 4 is 26.7 Å². The maximum absolute atomic E-state index is 12.4. The van der Waals surface area contributed by atoms with E-state index in [0.29, 0.717) is 37.5 Å². The summed E-state index contributed by atoms with van der Waals surface area (Å²) < 4.78 is 62.5. The molecule has 0 amide bonds. The summed E-state index contributed by atoms with van der Waals surface area (Å²) in [5, 5.41) is 5.19. The molecule has 0 aromatic carbocycles. The normalized spacial score (nSPS) is 18.5. The number of piperidine rings is 1. The Morgan fingerprint density at radius 2 is 1.95 bits per heavy atom. The van der Waals surface area contributed by atoms with Crippen LogP contribution in [0.25, 0.3) is 0 Å². The molecule has 2 heterocycles. The first kappa shape index (κ1) is 15.4. The van der Waals surface area contributed by atoms with Crippen LogP contribution in [0.5, 0.6) is 0 Å². The number of nitrogens with zero attached hydrogens (tertiary/aromatic N) is 3. The van der Waals surface area contributed by atoms with Crippen molar-refractivity contribution in [3.63, 3.8) is 0 Å². The van der Waals surface area contributed by atoms with E-state index in [1.807, 2.05) is 0 Å². The Labute approximate surface area is 118 Å². The minimum atomic E-state index is -4.54. The number of aromatic nitrogens is 2. The van der Waals surface area contributed by atoms with Crippen molar-refractivity contribution in [3.05, 3.63) is 5.82 Å². The van der Waals surface area contributed by atoms with Gasteiger partial charge in [-0.3, -0.25) is 0 Å². The van der Waals surface area contributed by atoms with Gasteiger partial charge in [0.25, 0.3) is 0 Å². The fraction of sp³-hybridized carbons (Fsp3) is 0.778. The minimum absolute atomic E-state index is 0.0590. The number of rotatable bonds is 3. The average molecular weight is 330 g/mol. The zero-order valence-corrected chi connectivity index (χ0v) is 11.9. The SMILES string of the molecule is NS(=O)(=O)CC1CCN(c2nc(C(F)(F)F)ns2)CC1. The van der Waals surface area contributed by atoms with Crippen LogP contribution in [-0.4, -0.2) is 36.6 Å². The molecule has 11 heteroatoms. The molecule has 1 aromatic heterocycles. The summed E-state index contributed by atoms with van der Waals surface area (Å²) in [5.41, 5.74) is 0. The molecule has 1 aliphatic heterocycles. The molecule has 0 atom stereocenters. The van der Waals surface area contributed by atoms with Crippen LogP contribution in [0.2, 0.25) is 0 Å². The fourth-order valence-electron chi connectivity index (χ4n) is 2.08. The monoisotopic (exact) mass is 330 g/mol. The van der Waals surface area contributed by atoms with Crippen LogP contribution >= 0.6 is 11.5 Å². The first-order valence-corrected chi connectivity index (χ1v) is 8.30. The molecule has 0 aliphatic carbocycles. The predicted molar refractivity (Wildman–Crippen MR) is 67.8 cm³/mol. The highest BCUT2D eigenvalue weighted by atomic mass is 32.2. The average Bonchev–Trinajstić information content (AvgIpc) is 2.76. The molecule has 1 aliphatic rings. The highest BCUT2D eigenvalue weighted by Gasteiger charge is 2.37. The van der Waals surface area contributed by atoms with Crippen LogP contribution in [0.3, 0.4) is 0 Å². The van der Waals surface area contributed by atoms with E-state index in [1.54, 1.807) is 4.90 Å². The standard InChI is InChI=1S/C9H13F3N4O2S2/c10-9(11,12)7-14-8(19-15-7)16-3-1-6(2-4-16)5-20(13,17)18/h6H,1-5H2,(H2,13,17,18). The summed E-state index contributed by atoms with van der Waals surface area (Å²) in [5.74, 6) is -1.29. The molecule has 1 saturated heterocycles. The van der Waals surface area contributed by atoms with E-state index in [1.165, 1.54) is 0 Å². The van der Waals surface area contributed by atoms with Crippen LogP contribution in [0.15, 0.2) is 0 Å². The third-order valence-corrected chi connectivity index (χ3v) is 4.73. The number of primary sulfonamides is 1. The van der Waals surface area contributed by atoms with Crippen molar-refractivity contribution in [2.75, 3.05) is 23.7 Å². The van der Waals surface area contributed by atoms with Gasteiger partial charge in [-0.15, -0.1) is 0 Å². The van der Waals surface area contributed by atoms with Crippen LogP contribution in [-0.2, 0) is 16.2 Å². The molecular weight excluding hydrogens is 317 g/mol. The Kier molecular flexibility index (Phi) is 4.21. The highest BCUT2D eigenvalue weighted by molar-refractivity contribution is 7.89. The Bertz CT molecular complexity index is 564. The molecule has 2 rings (SSSR count). The number of anilines is 1. The maximum atomic E-state index is 12.4. The van der Waals surface area contributed by atoms with E-state index in [0.717, 1.165) is 0 Å². The van der Waals surface area contributed by atoms with Gasteiger partial charge in [0, 0.05) is 24.6 Å². The second-order valence-electron chi connectivity index (χ2n) is 4.66. The van der Waals surface area contributed by atoms with Gasteiger partial charge in [-0.2, -0.15) is 22.5 Å². The number of nitrogens with two attached hydrogens (primary N) is 1. The molecule has 20 heavy (non-hydrogen) atoms. The molecule has 0 radical (unpaired) electrons. The Hall–Kier alpha value is -0.940. The number of halogens is 3. The van der Waals surface area contributed by atoms with Gasteiger partial charge in [0.05, 0.1) is 5.75 Å². The molecule has 2 N–H and O–H groups in total. The first-order chi connectivity index (χ1) is 9.15. The van der Waals surface area contributed by atoms with E-state index in [-0.39, 0.29) is 16.8 Å². The molecule has 0 unspecified atom stereocenters. The Morgan fingerprint density at radius 1 is 1.35 bits per heavy atom. The van der Waals surface area contributed by atoms with Gasteiger partial charge < -0.3 is 4.90 Å². The van der Waals surface area contributed by atoms with Crippen molar-refractivity contribution in [1.29, 1.82) is 0 Å². The second-order valence-corrected chi connectivity index (χ2v) is 7.05. The lowest BCUT2D eigenvalue weighted by molar-refractivity contribution is -0.144. The second kappa shape index (κ2) is 5.45. The van der Waals surface area contributed by atoms with Crippen molar-refractivity contribution in [3.8, 4) is 0 Å². The number of alkyl halides is 3. The molecule has 6 nitrogen and oxygen atoms in total. The molecule has 0 spiro atoms. The van der Waals surface area contributed by atoms with Crippen molar-refractivity contribution in [2.24, 2.45) is 11.1 Å². The summed E-state index contributed by atoms with van der Waals surface area (Å²) in [6.07, 6.45) is -3.44. The summed E-state index contributed by atoms with van der Waals surface area (Å²) in [7, 11) is -3.51. The third kappa shape index (κ3) is 4.03. The Balaban J connectivity index is 1.96. The lowest BCUT2D eigenvalue weighted by Crippen LogP contribution is -2.37.